The van der Waals surface area contributed by atoms with E-state index in [1.165, 1.54) is 6.92 Å². The average molecular weight is 320 g/mol. The van der Waals surface area contributed by atoms with Gasteiger partial charge in [-0.05, 0) is 25.5 Å². The minimum atomic E-state index is -4.71. The predicted molar refractivity (Wildman–Crippen MR) is 72.0 cm³/mol. The summed E-state index contributed by atoms with van der Waals surface area (Å²) in [6, 6.07) is 0. The zero-order valence-corrected chi connectivity index (χ0v) is 12.3. The van der Waals surface area contributed by atoms with Gasteiger partial charge >= 0.3 is 12.1 Å². The molecule has 4 nitrogen and oxygen atoms in total. The molecule has 1 unspecified atom stereocenters. The van der Waals surface area contributed by atoms with E-state index in [1.807, 2.05) is 0 Å². The first-order valence-corrected chi connectivity index (χ1v) is 7.71. The highest BCUT2D eigenvalue weighted by Gasteiger charge is 2.39. The number of esters is 1. The van der Waals surface area contributed by atoms with Gasteiger partial charge in [-0.25, -0.2) is 14.8 Å². The molecule has 1 aromatic heterocycles. The highest BCUT2D eigenvalue weighted by atomic mass is 32.2. The zero-order chi connectivity index (χ0) is 15.5. The lowest BCUT2D eigenvalue weighted by Crippen LogP contribution is -2.20. The molecule has 1 aromatic rings. The largest absolute Gasteiger partial charge is 0.462 e. The maximum Gasteiger partial charge on any atom is 0.434 e. The second-order valence-electron chi connectivity index (χ2n) is 4.56. The Morgan fingerprint density at radius 2 is 2.24 bits per heavy atom. The molecular weight excluding hydrogens is 305 g/mol. The van der Waals surface area contributed by atoms with Crippen molar-refractivity contribution < 1.29 is 22.7 Å². The van der Waals surface area contributed by atoms with Crippen LogP contribution in [0.5, 0.6) is 0 Å². The summed E-state index contributed by atoms with van der Waals surface area (Å²) in [6.45, 7) is 1.52. The van der Waals surface area contributed by atoms with Crippen molar-refractivity contribution in [2.45, 2.75) is 37.6 Å². The Morgan fingerprint density at radius 1 is 1.48 bits per heavy atom. The van der Waals surface area contributed by atoms with Crippen molar-refractivity contribution in [1.82, 2.24) is 9.97 Å². The van der Waals surface area contributed by atoms with Crippen LogP contribution in [0.2, 0.25) is 0 Å². The molecule has 0 amide bonds. The van der Waals surface area contributed by atoms with Crippen LogP contribution in [0, 0.1) is 0 Å². The van der Waals surface area contributed by atoms with E-state index in [9.17, 15) is 18.0 Å². The third kappa shape index (κ3) is 3.87. The number of carbonyl (C=O) groups is 1. The van der Waals surface area contributed by atoms with E-state index in [1.54, 1.807) is 11.8 Å². The van der Waals surface area contributed by atoms with Gasteiger partial charge in [0.25, 0.3) is 0 Å². The molecule has 1 aliphatic heterocycles. The summed E-state index contributed by atoms with van der Waals surface area (Å²) in [5.74, 6) is -0.0256. The molecule has 0 N–H and O–H groups in total. The summed E-state index contributed by atoms with van der Waals surface area (Å²) in [7, 11) is 0. The number of alkyl halides is 3. The highest BCUT2D eigenvalue weighted by Crippen LogP contribution is 2.38. The number of aromatic nitrogens is 2. The summed E-state index contributed by atoms with van der Waals surface area (Å²) in [6.07, 6.45) is -1.03. The molecule has 1 aliphatic rings. The van der Waals surface area contributed by atoms with E-state index in [2.05, 4.69) is 14.7 Å². The maximum absolute atomic E-state index is 13.1. The van der Waals surface area contributed by atoms with Crippen LogP contribution in [-0.2, 0) is 10.9 Å². The van der Waals surface area contributed by atoms with Crippen molar-refractivity contribution >= 4 is 17.7 Å². The molecule has 8 heteroatoms. The first-order valence-electron chi connectivity index (χ1n) is 6.66. The molecule has 0 spiro atoms. The quantitative estimate of drug-likeness (QED) is 0.796. The van der Waals surface area contributed by atoms with Crippen molar-refractivity contribution in [1.29, 1.82) is 0 Å². The summed E-state index contributed by atoms with van der Waals surface area (Å²) in [5, 5.41) is -0.143. The fourth-order valence-corrected chi connectivity index (χ4v) is 3.32. The lowest BCUT2D eigenvalue weighted by molar-refractivity contribution is -0.142. The van der Waals surface area contributed by atoms with Crippen LogP contribution in [0.3, 0.4) is 0 Å². The van der Waals surface area contributed by atoms with E-state index in [-0.39, 0.29) is 17.7 Å². The molecule has 2 heterocycles. The Balaban J connectivity index is 2.37. The van der Waals surface area contributed by atoms with E-state index >= 15 is 0 Å². The molecule has 1 fully saturated rings. The van der Waals surface area contributed by atoms with Gasteiger partial charge in [0.05, 0.1) is 11.9 Å². The van der Waals surface area contributed by atoms with Crippen LogP contribution in [0.15, 0.2) is 6.20 Å². The number of ether oxygens (including phenoxy) is 1. The fourth-order valence-electron chi connectivity index (χ4n) is 2.07. The van der Waals surface area contributed by atoms with Gasteiger partial charge in [0.1, 0.15) is 11.4 Å². The van der Waals surface area contributed by atoms with Gasteiger partial charge in [-0.15, -0.1) is 0 Å². The molecule has 0 bridgehead atoms. The Hall–Kier alpha value is -1.31. The van der Waals surface area contributed by atoms with Crippen molar-refractivity contribution in [3.05, 3.63) is 23.3 Å². The van der Waals surface area contributed by atoms with Crippen LogP contribution in [-0.4, -0.2) is 28.3 Å². The van der Waals surface area contributed by atoms with Crippen LogP contribution < -0.4 is 0 Å². The molecule has 2 rings (SSSR count). The highest BCUT2D eigenvalue weighted by molar-refractivity contribution is 7.99. The number of thioether (sulfide) groups is 1. The molecule has 1 atom stereocenters. The second kappa shape index (κ2) is 6.64. The molecule has 0 aromatic carbocycles. The summed E-state index contributed by atoms with van der Waals surface area (Å²) in [4.78, 5) is 19.2. The first-order chi connectivity index (χ1) is 9.93. The van der Waals surface area contributed by atoms with Crippen molar-refractivity contribution in [2.24, 2.45) is 0 Å². The number of nitrogens with zero attached hydrogens (tertiary/aromatic N) is 2. The van der Waals surface area contributed by atoms with E-state index in [4.69, 9.17) is 0 Å². The van der Waals surface area contributed by atoms with Crippen LogP contribution >= 0.6 is 11.8 Å². The Morgan fingerprint density at radius 3 is 2.81 bits per heavy atom. The third-order valence-corrected chi connectivity index (χ3v) is 4.41. The predicted octanol–water partition coefficient (Wildman–Crippen LogP) is 3.63. The van der Waals surface area contributed by atoms with Crippen LogP contribution in [0.4, 0.5) is 13.2 Å². The van der Waals surface area contributed by atoms with E-state index in [0.717, 1.165) is 31.2 Å². The minimum absolute atomic E-state index is 0.00361. The summed E-state index contributed by atoms with van der Waals surface area (Å²) >= 11 is 1.55. The van der Waals surface area contributed by atoms with Gasteiger partial charge in [0, 0.05) is 6.20 Å². The topological polar surface area (TPSA) is 52.1 Å². The van der Waals surface area contributed by atoms with Gasteiger partial charge in [-0.1, -0.05) is 6.42 Å². The van der Waals surface area contributed by atoms with Crippen LogP contribution in [0.1, 0.15) is 53.3 Å². The minimum Gasteiger partial charge on any atom is -0.462 e. The van der Waals surface area contributed by atoms with Gasteiger partial charge < -0.3 is 4.74 Å². The van der Waals surface area contributed by atoms with Gasteiger partial charge in [-0.2, -0.15) is 24.9 Å². The van der Waals surface area contributed by atoms with Gasteiger partial charge in [-0.3, -0.25) is 0 Å². The fraction of sp³-hybridized carbons (Fsp3) is 0.615. The molecular formula is C13H15F3N2O2S. The number of carbonyl (C=O) groups excluding carboxylic acids is 1. The van der Waals surface area contributed by atoms with Crippen molar-refractivity contribution in [3.8, 4) is 0 Å². The SMILES string of the molecule is CCOC(=O)c1cnc(C2CCCCS2)nc1C(F)(F)F. The molecule has 21 heavy (non-hydrogen) atoms. The van der Waals surface area contributed by atoms with Crippen molar-refractivity contribution in [2.75, 3.05) is 12.4 Å². The number of halogens is 3. The van der Waals surface area contributed by atoms with Crippen LogP contribution in [0.25, 0.3) is 0 Å². The normalized spacial score (nSPS) is 19.3. The molecule has 0 aliphatic carbocycles. The first kappa shape index (κ1) is 16.1. The second-order valence-corrected chi connectivity index (χ2v) is 5.87. The summed E-state index contributed by atoms with van der Waals surface area (Å²) < 4.78 is 43.9. The maximum atomic E-state index is 13.1. The number of rotatable bonds is 3. The lowest BCUT2D eigenvalue weighted by Gasteiger charge is -2.21. The van der Waals surface area contributed by atoms with Crippen molar-refractivity contribution in [3.63, 3.8) is 0 Å². The third-order valence-electron chi connectivity index (χ3n) is 3.04. The number of hydrogen-bond acceptors (Lipinski definition) is 5. The molecule has 1 saturated heterocycles. The van der Waals surface area contributed by atoms with Gasteiger partial charge in [0.15, 0.2) is 5.69 Å². The Labute approximate surface area is 124 Å². The monoisotopic (exact) mass is 320 g/mol. The average Bonchev–Trinajstić information content (AvgIpc) is 2.47. The standard InChI is InChI=1S/C13H15F3N2O2S/c1-2-20-12(19)8-7-17-11(9-5-3-4-6-21-9)18-10(8)13(14,15)16/h7,9H,2-6H2,1H3. The summed E-state index contributed by atoms with van der Waals surface area (Å²) in [5.41, 5.74) is -1.84. The molecule has 0 saturated carbocycles. The molecule has 0 radical (unpaired) electrons. The smallest absolute Gasteiger partial charge is 0.434 e. The van der Waals surface area contributed by atoms with E-state index < -0.39 is 23.4 Å². The van der Waals surface area contributed by atoms with E-state index in [0.29, 0.717) is 0 Å². The van der Waals surface area contributed by atoms with Gasteiger partial charge in [0.2, 0.25) is 0 Å². The Bertz CT molecular complexity index is 517. The zero-order valence-electron chi connectivity index (χ0n) is 11.4. The lowest BCUT2D eigenvalue weighted by atomic mass is 10.1. The molecule has 116 valence electrons. The Kier molecular flexibility index (Phi) is 5.08. The number of hydrogen-bond donors (Lipinski definition) is 0.